The quantitative estimate of drug-likeness (QED) is 0.552. The van der Waals surface area contributed by atoms with Crippen LogP contribution in [0.25, 0.3) is 0 Å². The Morgan fingerprint density at radius 3 is 2.39 bits per heavy atom. The van der Waals surface area contributed by atoms with Gasteiger partial charge in [0.2, 0.25) is 5.91 Å². The number of nitrogens with two attached hydrogens (primary N) is 1. The van der Waals surface area contributed by atoms with Gasteiger partial charge in [0.25, 0.3) is 0 Å². The van der Waals surface area contributed by atoms with Crippen molar-refractivity contribution < 1.29 is 19.8 Å². The van der Waals surface area contributed by atoms with E-state index in [9.17, 15) is 9.59 Å². The van der Waals surface area contributed by atoms with E-state index in [1.807, 2.05) is 0 Å². The minimum absolute atomic E-state index is 0.0530. The summed E-state index contributed by atoms with van der Waals surface area (Å²) in [6.07, 6.45) is -0.0530. The largest absolute Gasteiger partial charge is 0.480 e. The molecular formula is C12H16N2O4. The van der Waals surface area contributed by atoms with Gasteiger partial charge in [-0.2, -0.15) is 0 Å². The topological polar surface area (TPSA) is 113 Å². The van der Waals surface area contributed by atoms with Crippen LogP contribution in [0.3, 0.4) is 0 Å². The Balaban J connectivity index is 2.67. The first kappa shape index (κ1) is 14.1. The summed E-state index contributed by atoms with van der Waals surface area (Å²) in [6.45, 7) is -0.322. The molecule has 1 aromatic carbocycles. The fourth-order valence-electron chi connectivity index (χ4n) is 1.46. The number of carboxylic acids is 1. The first-order valence-corrected chi connectivity index (χ1v) is 5.51. The van der Waals surface area contributed by atoms with Crippen LogP contribution in [0, 0.1) is 0 Å². The van der Waals surface area contributed by atoms with Crippen molar-refractivity contribution in [1.29, 1.82) is 0 Å². The average Bonchev–Trinajstić information content (AvgIpc) is 2.38. The van der Waals surface area contributed by atoms with Gasteiger partial charge in [-0.25, -0.2) is 4.79 Å². The summed E-state index contributed by atoms with van der Waals surface area (Å²) in [5.74, 6) is -1.78. The van der Waals surface area contributed by atoms with Crippen molar-refractivity contribution in [1.82, 2.24) is 5.32 Å². The number of carbonyl (C=O) groups is 2. The van der Waals surface area contributed by atoms with E-state index in [0.717, 1.165) is 0 Å². The minimum atomic E-state index is -1.20. The van der Waals surface area contributed by atoms with Crippen molar-refractivity contribution in [3.63, 3.8) is 0 Å². The highest BCUT2D eigenvalue weighted by Gasteiger charge is 2.23. The number of hydrogen-bond acceptors (Lipinski definition) is 4. The highest BCUT2D eigenvalue weighted by Crippen LogP contribution is 2.09. The summed E-state index contributed by atoms with van der Waals surface area (Å²) < 4.78 is 0. The second kappa shape index (κ2) is 6.73. The third kappa shape index (κ3) is 3.83. The van der Waals surface area contributed by atoms with E-state index >= 15 is 0 Å². The van der Waals surface area contributed by atoms with Crippen LogP contribution >= 0.6 is 0 Å². The van der Waals surface area contributed by atoms with Crippen LogP contribution in [0.15, 0.2) is 30.3 Å². The lowest BCUT2D eigenvalue weighted by molar-refractivity contribution is -0.142. The normalized spacial score (nSPS) is 13.7. The molecule has 0 radical (unpaired) electrons. The van der Waals surface area contributed by atoms with E-state index in [2.05, 4.69) is 5.32 Å². The number of rotatable bonds is 6. The molecule has 0 saturated carbocycles. The molecule has 0 saturated heterocycles. The Bertz CT molecular complexity index is 408. The van der Waals surface area contributed by atoms with Crippen LogP contribution in [-0.4, -0.2) is 34.7 Å². The summed E-state index contributed by atoms with van der Waals surface area (Å²) in [7, 11) is 0. The number of amides is 1. The molecule has 0 fully saturated rings. The summed E-state index contributed by atoms with van der Waals surface area (Å²) in [6, 6.07) is 6.59. The molecule has 0 bridgehead atoms. The number of aliphatic hydroxyl groups excluding tert-OH is 1. The van der Waals surface area contributed by atoms with Crippen LogP contribution in [0.1, 0.15) is 18.0 Å². The molecule has 6 heteroatoms. The molecule has 0 aliphatic carbocycles. The first-order valence-electron chi connectivity index (χ1n) is 5.51. The zero-order chi connectivity index (χ0) is 13.5. The van der Waals surface area contributed by atoms with Gasteiger partial charge in [-0.15, -0.1) is 0 Å². The summed E-state index contributed by atoms with van der Waals surface area (Å²) >= 11 is 0. The van der Waals surface area contributed by atoms with Gasteiger partial charge in [-0.3, -0.25) is 4.79 Å². The van der Waals surface area contributed by atoms with E-state index in [-0.39, 0.29) is 13.0 Å². The number of nitrogens with one attached hydrogen (secondary N) is 1. The predicted molar refractivity (Wildman–Crippen MR) is 64.6 cm³/mol. The van der Waals surface area contributed by atoms with Crippen LogP contribution in [-0.2, 0) is 9.59 Å². The highest BCUT2D eigenvalue weighted by atomic mass is 16.4. The van der Waals surface area contributed by atoms with Crippen molar-refractivity contribution >= 4 is 11.9 Å². The molecule has 98 valence electrons. The monoisotopic (exact) mass is 252 g/mol. The summed E-state index contributed by atoms with van der Waals surface area (Å²) in [5.41, 5.74) is 6.32. The van der Waals surface area contributed by atoms with Crippen molar-refractivity contribution in [2.45, 2.75) is 18.5 Å². The van der Waals surface area contributed by atoms with E-state index in [0.29, 0.717) is 5.56 Å². The van der Waals surface area contributed by atoms with Crippen LogP contribution in [0.2, 0.25) is 0 Å². The van der Waals surface area contributed by atoms with Gasteiger partial charge in [-0.05, 0) is 5.56 Å². The molecule has 2 atom stereocenters. The Hall–Kier alpha value is -1.92. The van der Waals surface area contributed by atoms with Gasteiger partial charge in [0.1, 0.15) is 12.1 Å². The summed E-state index contributed by atoms with van der Waals surface area (Å²) in [5, 5.41) is 19.8. The van der Waals surface area contributed by atoms with Crippen LogP contribution in [0.5, 0.6) is 0 Å². The lowest BCUT2D eigenvalue weighted by Gasteiger charge is -2.17. The molecule has 1 unspecified atom stereocenters. The van der Waals surface area contributed by atoms with E-state index < -0.39 is 24.0 Å². The van der Waals surface area contributed by atoms with Gasteiger partial charge in [-0.1, -0.05) is 30.3 Å². The average molecular weight is 252 g/mol. The van der Waals surface area contributed by atoms with E-state index in [4.69, 9.17) is 15.9 Å². The molecule has 0 spiro atoms. The second-order valence-electron chi connectivity index (χ2n) is 3.80. The van der Waals surface area contributed by atoms with Gasteiger partial charge in [0, 0.05) is 13.0 Å². The number of carboxylic acid groups (broad SMARTS) is 1. The van der Waals surface area contributed by atoms with E-state index in [1.165, 1.54) is 0 Å². The Morgan fingerprint density at radius 2 is 1.89 bits per heavy atom. The van der Waals surface area contributed by atoms with Crippen LogP contribution in [0.4, 0.5) is 0 Å². The van der Waals surface area contributed by atoms with Gasteiger partial charge < -0.3 is 21.3 Å². The van der Waals surface area contributed by atoms with Crippen molar-refractivity contribution in [3.8, 4) is 0 Å². The highest BCUT2D eigenvalue weighted by molar-refractivity contribution is 5.87. The molecule has 0 heterocycles. The maximum atomic E-state index is 11.8. The maximum absolute atomic E-state index is 11.8. The predicted octanol–water partition coefficient (Wildman–Crippen LogP) is -0.362. The summed E-state index contributed by atoms with van der Waals surface area (Å²) in [4.78, 5) is 22.6. The number of aliphatic carboxylic acids is 1. The zero-order valence-electron chi connectivity index (χ0n) is 9.74. The standard InChI is InChI=1S/C12H16N2O4/c13-10(8-4-2-1-3-5-8)11(16)14-9(6-7-15)12(17)18/h1-5,9-10,15H,6-7,13H2,(H,14,16)(H,17,18)/t9?,10-/m0/s1. The molecule has 0 aliphatic rings. The number of carbonyl (C=O) groups excluding carboxylic acids is 1. The Labute approximate surface area is 104 Å². The fraction of sp³-hybridized carbons (Fsp3) is 0.333. The molecule has 1 amide bonds. The number of hydrogen-bond donors (Lipinski definition) is 4. The molecule has 6 nitrogen and oxygen atoms in total. The Kier molecular flexibility index (Phi) is 5.29. The molecule has 1 aromatic rings. The van der Waals surface area contributed by atoms with E-state index in [1.54, 1.807) is 30.3 Å². The number of aliphatic hydroxyl groups is 1. The first-order chi connectivity index (χ1) is 8.56. The maximum Gasteiger partial charge on any atom is 0.326 e. The third-order valence-electron chi connectivity index (χ3n) is 2.47. The van der Waals surface area contributed by atoms with Gasteiger partial charge >= 0.3 is 5.97 Å². The molecule has 0 aromatic heterocycles. The number of benzene rings is 1. The lowest BCUT2D eigenvalue weighted by Crippen LogP contribution is -2.45. The lowest BCUT2D eigenvalue weighted by atomic mass is 10.1. The molecule has 5 N–H and O–H groups in total. The van der Waals surface area contributed by atoms with Crippen molar-refractivity contribution in [3.05, 3.63) is 35.9 Å². The van der Waals surface area contributed by atoms with Crippen LogP contribution < -0.4 is 11.1 Å². The van der Waals surface area contributed by atoms with Gasteiger partial charge in [0.15, 0.2) is 0 Å². The smallest absolute Gasteiger partial charge is 0.326 e. The second-order valence-corrected chi connectivity index (χ2v) is 3.80. The molecule has 18 heavy (non-hydrogen) atoms. The van der Waals surface area contributed by atoms with Gasteiger partial charge in [0.05, 0.1) is 0 Å². The van der Waals surface area contributed by atoms with Crippen molar-refractivity contribution in [2.24, 2.45) is 5.73 Å². The third-order valence-corrected chi connectivity index (χ3v) is 2.47. The molecular weight excluding hydrogens is 236 g/mol. The zero-order valence-corrected chi connectivity index (χ0v) is 9.74. The van der Waals surface area contributed by atoms with Crippen molar-refractivity contribution in [2.75, 3.05) is 6.61 Å². The Morgan fingerprint density at radius 1 is 1.28 bits per heavy atom. The molecule has 0 aliphatic heterocycles. The minimum Gasteiger partial charge on any atom is -0.480 e. The molecule has 1 rings (SSSR count). The SMILES string of the molecule is N[C@H](C(=O)NC(CCO)C(=O)O)c1ccccc1. The fourth-order valence-corrected chi connectivity index (χ4v) is 1.46.